The third kappa shape index (κ3) is 2.94. The summed E-state index contributed by atoms with van der Waals surface area (Å²) in [6.45, 7) is 0.660. The number of amides is 1. The number of carbonyl (C=O) groups excluding carboxylic acids is 1. The summed E-state index contributed by atoms with van der Waals surface area (Å²) in [4.78, 5) is 22.7. The summed E-state index contributed by atoms with van der Waals surface area (Å²) in [5, 5.41) is 1.91. The van der Waals surface area contributed by atoms with E-state index in [1.54, 1.807) is 11.0 Å². The van der Waals surface area contributed by atoms with Gasteiger partial charge in [0.15, 0.2) is 0 Å². The van der Waals surface area contributed by atoms with E-state index in [-0.39, 0.29) is 23.2 Å². The van der Waals surface area contributed by atoms with E-state index in [0.29, 0.717) is 23.2 Å². The summed E-state index contributed by atoms with van der Waals surface area (Å²) in [6.07, 6.45) is 3.20. The lowest BCUT2D eigenvalue weighted by atomic mass is 10.2. The Morgan fingerprint density at radius 2 is 1.97 bits per heavy atom. The number of ether oxygens (including phenoxy) is 1. The lowest BCUT2D eigenvalue weighted by molar-refractivity contribution is 0.0990. The van der Waals surface area contributed by atoms with Gasteiger partial charge in [0.25, 0.3) is 5.91 Å². The number of rotatable bonds is 2. The number of halogens is 2. The van der Waals surface area contributed by atoms with E-state index in [1.807, 2.05) is 47.2 Å². The minimum Gasteiger partial charge on any atom is -0.475 e. The van der Waals surface area contributed by atoms with Crippen LogP contribution >= 0.6 is 23.2 Å². The monoisotopic (exact) mass is 439 g/mol. The Morgan fingerprint density at radius 3 is 2.83 bits per heavy atom. The van der Waals surface area contributed by atoms with Crippen LogP contribution in [0.3, 0.4) is 0 Å². The van der Waals surface area contributed by atoms with Crippen LogP contribution in [0.2, 0.25) is 10.0 Å². The van der Waals surface area contributed by atoms with E-state index in [0.717, 1.165) is 22.3 Å². The second-order valence-electron chi connectivity index (χ2n) is 6.75. The smallest absolute Gasteiger partial charge is 0.267 e. The molecule has 7 nitrogen and oxygen atoms in total. The van der Waals surface area contributed by atoms with Crippen molar-refractivity contribution in [3.8, 4) is 11.6 Å². The van der Waals surface area contributed by atoms with Crippen molar-refractivity contribution in [1.29, 1.82) is 0 Å². The van der Waals surface area contributed by atoms with Crippen LogP contribution in [0.5, 0.6) is 5.88 Å². The van der Waals surface area contributed by atoms with Gasteiger partial charge in [-0.25, -0.2) is 9.97 Å². The molecule has 0 atom stereocenters. The Kier molecular flexibility index (Phi) is 4.49. The fourth-order valence-electron chi connectivity index (χ4n) is 3.60. The third-order valence-electron chi connectivity index (χ3n) is 5.03. The maximum absolute atomic E-state index is 13.2. The van der Waals surface area contributed by atoms with E-state index in [4.69, 9.17) is 33.7 Å². The fourth-order valence-corrected chi connectivity index (χ4v) is 3.98. The first-order chi connectivity index (χ1) is 14.5. The Balaban J connectivity index is 1.57. The van der Waals surface area contributed by atoms with Gasteiger partial charge in [0, 0.05) is 17.3 Å². The Hall–Kier alpha value is -3.29. The zero-order valence-electron chi connectivity index (χ0n) is 15.5. The van der Waals surface area contributed by atoms with Gasteiger partial charge in [0.05, 0.1) is 27.8 Å². The molecule has 1 aliphatic heterocycles. The highest BCUT2D eigenvalue weighted by Gasteiger charge is 2.28. The van der Waals surface area contributed by atoms with Gasteiger partial charge in [-0.05, 0) is 36.4 Å². The number of nitrogens with two attached hydrogens (primary N) is 1. The molecule has 150 valence electrons. The molecular weight excluding hydrogens is 425 g/mol. The highest BCUT2D eigenvalue weighted by atomic mass is 35.5. The normalized spacial score (nSPS) is 13.8. The maximum atomic E-state index is 13.2. The van der Waals surface area contributed by atoms with Crippen LogP contribution < -0.4 is 15.4 Å². The molecule has 2 aromatic carbocycles. The topological polar surface area (TPSA) is 86.3 Å². The van der Waals surface area contributed by atoms with Crippen LogP contribution in [0, 0.1) is 0 Å². The average Bonchev–Trinajstić information content (AvgIpc) is 3.07. The van der Waals surface area contributed by atoms with E-state index >= 15 is 0 Å². The van der Waals surface area contributed by atoms with E-state index < -0.39 is 0 Å². The summed E-state index contributed by atoms with van der Waals surface area (Å²) >= 11 is 12.6. The van der Waals surface area contributed by atoms with Crippen molar-refractivity contribution in [1.82, 2.24) is 14.5 Å². The van der Waals surface area contributed by atoms with Crippen LogP contribution in [0.15, 0.2) is 55.0 Å². The van der Waals surface area contributed by atoms with E-state index in [2.05, 4.69) is 9.97 Å². The van der Waals surface area contributed by atoms with Gasteiger partial charge in [-0.2, -0.15) is 0 Å². The Labute approximate surface area is 181 Å². The molecule has 0 saturated heterocycles. The molecule has 9 heteroatoms. The quantitative estimate of drug-likeness (QED) is 0.501. The first kappa shape index (κ1) is 18.7. The van der Waals surface area contributed by atoms with Gasteiger partial charge in [0.2, 0.25) is 5.88 Å². The van der Waals surface area contributed by atoms with Crippen LogP contribution in [0.4, 0.5) is 11.5 Å². The largest absolute Gasteiger partial charge is 0.475 e. The van der Waals surface area contributed by atoms with E-state index in [1.165, 1.54) is 6.33 Å². The minimum atomic E-state index is -0.294. The molecule has 0 radical (unpaired) electrons. The minimum absolute atomic E-state index is 0.0970. The third-order valence-corrected chi connectivity index (χ3v) is 5.84. The van der Waals surface area contributed by atoms with Gasteiger partial charge in [-0.3, -0.25) is 4.79 Å². The molecule has 1 amide bonds. The molecule has 4 aromatic rings. The number of nitrogens with zero attached hydrogens (tertiary/aromatic N) is 4. The summed E-state index contributed by atoms with van der Waals surface area (Å²) in [5.74, 6) is 0.00910. The van der Waals surface area contributed by atoms with Gasteiger partial charge in [-0.15, -0.1) is 0 Å². The number of nitrogen functional groups attached to an aromatic ring is 1. The second kappa shape index (κ2) is 7.19. The molecule has 0 saturated carbocycles. The summed E-state index contributed by atoms with van der Waals surface area (Å²) < 4.78 is 7.56. The van der Waals surface area contributed by atoms with Gasteiger partial charge < -0.3 is 19.9 Å². The summed E-state index contributed by atoms with van der Waals surface area (Å²) in [6, 6.07) is 13.2. The summed E-state index contributed by atoms with van der Waals surface area (Å²) in [5.41, 5.74) is 8.54. The predicted molar refractivity (Wildman–Crippen MR) is 117 cm³/mol. The molecule has 0 fully saturated rings. The summed E-state index contributed by atoms with van der Waals surface area (Å²) in [7, 11) is 0. The Bertz CT molecular complexity index is 1300. The molecule has 0 spiro atoms. The predicted octanol–water partition coefficient (Wildman–Crippen LogP) is 4.35. The molecule has 0 aliphatic carbocycles. The van der Waals surface area contributed by atoms with Crippen molar-refractivity contribution in [2.24, 2.45) is 0 Å². The highest BCUT2D eigenvalue weighted by molar-refractivity contribution is 6.43. The molecule has 30 heavy (non-hydrogen) atoms. The molecule has 5 rings (SSSR count). The van der Waals surface area contributed by atoms with Gasteiger partial charge in [-0.1, -0.05) is 29.3 Å². The average molecular weight is 440 g/mol. The number of anilines is 2. The molecular formula is C21H15Cl2N5O2. The first-order valence-corrected chi connectivity index (χ1v) is 9.91. The molecule has 2 aromatic heterocycles. The second-order valence-corrected chi connectivity index (χ2v) is 7.53. The zero-order chi connectivity index (χ0) is 20.8. The van der Waals surface area contributed by atoms with Crippen LogP contribution in [-0.4, -0.2) is 33.6 Å². The van der Waals surface area contributed by atoms with Gasteiger partial charge in [0.1, 0.15) is 24.3 Å². The molecule has 0 unspecified atom stereocenters. The number of benzene rings is 2. The van der Waals surface area contributed by atoms with Crippen molar-refractivity contribution >= 4 is 51.5 Å². The van der Waals surface area contributed by atoms with Crippen LogP contribution in [0.1, 0.15) is 10.4 Å². The highest BCUT2D eigenvalue weighted by Crippen LogP contribution is 2.33. The van der Waals surface area contributed by atoms with E-state index in [9.17, 15) is 4.79 Å². The van der Waals surface area contributed by atoms with Gasteiger partial charge >= 0.3 is 0 Å². The van der Waals surface area contributed by atoms with Crippen molar-refractivity contribution in [2.45, 2.75) is 0 Å². The molecule has 1 aliphatic rings. The van der Waals surface area contributed by atoms with Crippen molar-refractivity contribution in [3.63, 3.8) is 0 Å². The number of fused-ring (bicyclic) bond motifs is 2. The maximum Gasteiger partial charge on any atom is 0.267 e. The number of hydrogen-bond donors (Lipinski definition) is 1. The molecule has 2 N–H and O–H groups in total. The molecule has 3 heterocycles. The number of aromatic nitrogens is 3. The number of hydrogen-bond acceptors (Lipinski definition) is 5. The van der Waals surface area contributed by atoms with Crippen LogP contribution in [-0.2, 0) is 0 Å². The first-order valence-electron chi connectivity index (χ1n) is 9.15. The lowest BCUT2D eigenvalue weighted by Gasteiger charge is -2.20. The van der Waals surface area contributed by atoms with Crippen LogP contribution in [0.25, 0.3) is 16.6 Å². The number of carbonyl (C=O) groups is 1. The lowest BCUT2D eigenvalue weighted by Crippen LogP contribution is -2.32. The van der Waals surface area contributed by atoms with Crippen molar-refractivity contribution < 1.29 is 9.53 Å². The fraction of sp³-hybridized carbons (Fsp3) is 0.0952. The molecule has 0 bridgehead atoms. The van der Waals surface area contributed by atoms with Crippen molar-refractivity contribution in [2.75, 3.05) is 23.8 Å². The standard InChI is InChI=1S/C21H15Cl2N5O2/c22-14-2-1-3-16(18(14)23)28-7-6-12-10-13(4-5-15(12)28)27-8-9-30-20-17(21(27)29)19(24)25-11-26-20/h1-7,10-11H,8-9H2,(H2,24,25,26). The van der Waals surface area contributed by atoms with Crippen molar-refractivity contribution in [3.05, 3.63) is 70.6 Å². The SMILES string of the molecule is Nc1ncnc2c1C(=O)N(c1ccc3c(ccn3-c3cccc(Cl)c3Cl)c1)CCO2. The zero-order valence-corrected chi connectivity index (χ0v) is 17.1. The Morgan fingerprint density at radius 1 is 1.10 bits per heavy atom.